The second-order valence-electron chi connectivity index (χ2n) is 8.70. The monoisotopic (exact) mass is 465 g/mol. The number of nitrogens with one attached hydrogen (secondary N) is 1. The van der Waals surface area contributed by atoms with Crippen molar-refractivity contribution in [1.82, 2.24) is 25.1 Å². The number of nitrogens with zero attached hydrogens (tertiary/aromatic N) is 4. The van der Waals surface area contributed by atoms with Crippen LogP contribution in [0.1, 0.15) is 53.3 Å². The van der Waals surface area contributed by atoms with E-state index in [1.807, 2.05) is 24.1 Å². The van der Waals surface area contributed by atoms with Gasteiger partial charge in [-0.1, -0.05) is 30.0 Å². The van der Waals surface area contributed by atoms with Crippen LogP contribution >= 0.6 is 11.8 Å². The summed E-state index contributed by atoms with van der Waals surface area (Å²) in [7, 11) is 0. The van der Waals surface area contributed by atoms with Gasteiger partial charge in [-0.15, -0.1) is 0 Å². The molecular formula is C24H27N5O3S. The highest BCUT2D eigenvalue weighted by Crippen LogP contribution is 2.30. The minimum absolute atomic E-state index is 0.141. The zero-order chi connectivity index (χ0) is 22.8. The smallest absolute Gasteiger partial charge is 0.274 e. The quantitative estimate of drug-likeness (QED) is 0.456. The highest BCUT2D eigenvalue weighted by atomic mass is 32.2. The van der Waals surface area contributed by atoms with Crippen molar-refractivity contribution in [2.75, 3.05) is 25.4 Å². The number of carbonyl (C=O) groups excluding carboxylic acids is 1. The van der Waals surface area contributed by atoms with E-state index in [1.54, 1.807) is 30.0 Å². The normalized spacial score (nSPS) is 20.9. The third-order valence-corrected chi connectivity index (χ3v) is 7.40. The molecule has 2 aliphatic rings. The predicted molar refractivity (Wildman–Crippen MR) is 127 cm³/mol. The van der Waals surface area contributed by atoms with Crippen LogP contribution in [0.25, 0.3) is 10.8 Å². The number of aryl methyl sites for hydroxylation is 1. The summed E-state index contributed by atoms with van der Waals surface area (Å²) < 4.78 is 5.72. The van der Waals surface area contributed by atoms with E-state index in [9.17, 15) is 9.59 Å². The second-order valence-corrected chi connectivity index (χ2v) is 9.69. The van der Waals surface area contributed by atoms with Crippen LogP contribution in [0.5, 0.6) is 0 Å². The molecule has 1 amide bonds. The highest BCUT2D eigenvalue weighted by molar-refractivity contribution is 7.99. The van der Waals surface area contributed by atoms with Gasteiger partial charge in [0.05, 0.1) is 17.2 Å². The lowest BCUT2D eigenvalue weighted by Crippen LogP contribution is -2.40. The molecule has 2 saturated heterocycles. The zero-order valence-corrected chi connectivity index (χ0v) is 19.4. The van der Waals surface area contributed by atoms with E-state index in [2.05, 4.69) is 15.2 Å². The number of benzene rings is 1. The molecule has 2 atom stereocenters. The van der Waals surface area contributed by atoms with Crippen LogP contribution < -0.4 is 5.56 Å². The van der Waals surface area contributed by atoms with Gasteiger partial charge in [0.25, 0.3) is 11.5 Å². The molecule has 8 nitrogen and oxygen atoms in total. The maximum atomic E-state index is 13.4. The van der Waals surface area contributed by atoms with Gasteiger partial charge < -0.3 is 9.64 Å². The maximum absolute atomic E-state index is 13.4. The average Bonchev–Trinajstić information content (AvgIpc) is 3.37. The third kappa shape index (κ3) is 4.65. The molecule has 33 heavy (non-hydrogen) atoms. The average molecular weight is 466 g/mol. The first-order valence-corrected chi connectivity index (χ1v) is 12.4. The van der Waals surface area contributed by atoms with E-state index in [-0.39, 0.29) is 29.2 Å². The van der Waals surface area contributed by atoms with E-state index >= 15 is 0 Å². The first-order chi connectivity index (χ1) is 16.1. The molecule has 2 fully saturated rings. The third-order valence-electron chi connectivity index (χ3n) is 6.41. The summed E-state index contributed by atoms with van der Waals surface area (Å²) in [6.45, 7) is 4.11. The number of thioether (sulfide) groups is 1. The number of aromatic nitrogens is 4. The van der Waals surface area contributed by atoms with Crippen molar-refractivity contribution in [3.8, 4) is 0 Å². The number of H-pyrrole nitrogens is 1. The fourth-order valence-corrected chi connectivity index (χ4v) is 5.56. The van der Waals surface area contributed by atoms with Crippen LogP contribution in [0, 0.1) is 6.92 Å². The van der Waals surface area contributed by atoms with Gasteiger partial charge in [0, 0.05) is 43.0 Å². The second kappa shape index (κ2) is 9.61. The molecule has 0 saturated carbocycles. The van der Waals surface area contributed by atoms with Crippen LogP contribution in [-0.4, -0.2) is 62.5 Å². The Kier molecular flexibility index (Phi) is 6.41. The van der Waals surface area contributed by atoms with E-state index in [1.165, 1.54) is 0 Å². The van der Waals surface area contributed by atoms with Gasteiger partial charge in [0.2, 0.25) is 0 Å². The summed E-state index contributed by atoms with van der Waals surface area (Å²) in [5.74, 6) is 0.844. The number of amides is 1. The number of ether oxygens (including phenoxy) is 1. The van der Waals surface area contributed by atoms with E-state index in [0.717, 1.165) is 54.5 Å². The molecule has 1 N–H and O–H groups in total. The summed E-state index contributed by atoms with van der Waals surface area (Å²) in [5.41, 5.74) is 2.06. The van der Waals surface area contributed by atoms with Crippen LogP contribution in [-0.2, 0) is 4.74 Å². The van der Waals surface area contributed by atoms with Gasteiger partial charge in [-0.25, -0.2) is 15.1 Å². The molecule has 4 heterocycles. The fourth-order valence-electron chi connectivity index (χ4n) is 4.68. The summed E-state index contributed by atoms with van der Waals surface area (Å²) in [6, 6.07) is 7.10. The predicted octanol–water partition coefficient (Wildman–Crippen LogP) is 3.31. The molecule has 172 valence electrons. The van der Waals surface area contributed by atoms with Crippen molar-refractivity contribution in [3.05, 3.63) is 57.8 Å². The molecule has 2 aromatic heterocycles. The Hall–Kier alpha value is -2.78. The molecule has 1 aromatic carbocycles. The minimum atomic E-state index is -0.289. The van der Waals surface area contributed by atoms with Crippen LogP contribution in [0.15, 0.2) is 40.4 Å². The van der Waals surface area contributed by atoms with Gasteiger partial charge in [0.1, 0.15) is 0 Å². The zero-order valence-electron chi connectivity index (χ0n) is 18.6. The molecule has 2 aliphatic heterocycles. The van der Waals surface area contributed by atoms with Crippen LogP contribution in [0.2, 0.25) is 0 Å². The Bertz CT molecular complexity index is 1220. The fraction of sp³-hybridized carbons (Fsp3) is 0.458. The molecule has 5 rings (SSSR count). The number of hydrogen-bond donors (Lipinski definition) is 1. The van der Waals surface area contributed by atoms with Gasteiger partial charge in [-0.05, 0) is 44.2 Å². The molecular weight excluding hydrogens is 438 g/mol. The van der Waals surface area contributed by atoms with Gasteiger partial charge in [-0.2, -0.15) is 5.10 Å². The lowest BCUT2D eigenvalue weighted by atomic mass is 9.92. The Balaban J connectivity index is 1.35. The van der Waals surface area contributed by atoms with E-state index in [4.69, 9.17) is 9.72 Å². The maximum Gasteiger partial charge on any atom is 0.274 e. The topological polar surface area (TPSA) is 101 Å². The summed E-state index contributed by atoms with van der Waals surface area (Å²) in [6.07, 6.45) is 6.25. The Morgan fingerprint density at radius 1 is 1.24 bits per heavy atom. The minimum Gasteiger partial charge on any atom is -0.377 e. The molecule has 0 radical (unpaired) electrons. The van der Waals surface area contributed by atoms with E-state index < -0.39 is 0 Å². The van der Waals surface area contributed by atoms with Gasteiger partial charge in [0.15, 0.2) is 10.9 Å². The number of aromatic amines is 1. The summed E-state index contributed by atoms with van der Waals surface area (Å²) in [5, 5.41) is 8.40. The number of fused-ring (bicyclic) bond motifs is 1. The SMILES string of the molecule is Cc1cnc(SCC2CCCO2)nc1C1CCCN(C(=O)c2n[nH]c(=O)c3ccccc23)C1. The Labute approximate surface area is 196 Å². The largest absolute Gasteiger partial charge is 0.377 e. The number of piperidine rings is 1. The van der Waals surface area contributed by atoms with Crippen molar-refractivity contribution in [3.63, 3.8) is 0 Å². The van der Waals surface area contributed by atoms with Gasteiger partial charge >= 0.3 is 0 Å². The van der Waals surface area contributed by atoms with Crippen LogP contribution in [0.3, 0.4) is 0 Å². The first kappa shape index (κ1) is 22.0. The lowest BCUT2D eigenvalue weighted by molar-refractivity contribution is 0.0700. The molecule has 0 aliphatic carbocycles. The molecule has 3 aromatic rings. The van der Waals surface area contributed by atoms with Gasteiger partial charge in [-0.3, -0.25) is 9.59 Å². The van der Waals surface area contributed by atoms with Crippen molar-refractivity contribution >= 4 is 28.4 Å². The van der Waals surface area contributed by atoms with E-state index in [0.29, 0.717) is 23.9 Å². The number of carbonyl (C=O) groups is 1. The molecule has 0 bridgehead atoms. The number of rotatable bonds is 5. The molecule has 0 spiro atoms. The number of hydrogen-bond acceptors (Lipinski definition) is 7. The summed E-state index contributed by atoms with van der Waals surface area (Å²) >= 11 is 1.64. The summed E-state index contributed by atoms with van der Waals surface area (Å²) in [4.78, 5) is 36.7. The van der Waals surface area contributed by atoms with Crippen molar-refractivity contribution in [2.24, 2.45) is 0 Å². The molecule has 9 heteroatoms. The Morgan fingerprint density at radius 2 is 2.09 bits per heavy atom. The van der Waals surface area contributed by atoms with Crippen molar-refractivity contribution < 1.29 is 9.53 Å². The van der Waals surface area contributed by atoms with Crippen molar-refractivity contribution in [2.45, 2.75) is 49.8 Å². The highest BCUT2D eigenvalue weighted by Gasteiger charge is 2.29. The van der Waals surface area contributed by atoms with Crippen molar-refractivity contribution in [1.29, 1.82) is 0 Å². The Morgan fingerprint density at radius 3 is 2.91 bits per heavy atom. The van der Waals surface area contributed by atoms with Crippen LogP contribution in [0.4, 0.5) is 0 Å². The number of likely N-dealkylation sites (tertiary alicyclic amines) is 1. The molecule has 2 unspecified atom stereocenters. The lowest BCUT2D eigenvalue weighted by Gasteiger charge is -2.33. The standard InChI is InChI=1S/C24H27N5O3S/c1-15-12-25-24(33-14-17-7-5-11-32-17)26-20(15)16-6-4-10-29(13-16)23(31)21-18-8-2-3-9-19(18)22(30)28-27-21/h2-3,8-9,12,16-17H,4-7,10-11,13-14H2,1H3,(H,28,30). The first-order valence-electron chi connectivity index (χ1n) is 11.4.